The van der Waals surface area contributed by atoms with Crippen LogP contribution in [0.1, 0.15) is 12.0 Å². The maximum atomic E-state index is 14.1. The van der Waals surface area contributed by atoms with Crippen molar-refractivity contribution < 1.29 is 13.9 Å². The molecule has 0 amide bonds. The van der Waals surface area contributed by atoms with Crippen LogP contribution >= 0.6 is 0 Å². The first kappa shape index (κ1) is 13.0. The highest BCUT2D eigenvalue weighted by Crippen LogP contribution is 2.29. The number of pyridine rings is 1. The fourth-order valence-corrected chi connectivity index (χ4v) is 2.26. The molecule has 0 spiro atoms. The number of anilines is 1. The van der Waals surface area contributed by atoms with Crippen LogP contribution in [0.15, 0.2) is 30.5 Å². The van der Waals surface area contributed by atoms with Gasteiger partial charge in [0.1, 0.15) is 5.82 Å². The van der Waals surface area contributed by atoms with E-state index < -0.39 is 11.6 Å². The van der Waals surface area contributed by atoms with Gasteiger partial charge in [-0.3, -0.25) is 0 Å². The second kappa shape index (κ2) is 5.17. The molecule has 2 aromatic rings. The largest absolute Gasteiger partial charge is 0.392 e. The van der Waals surface area contributed by atoms with E-state index in [0.717, 1.165) is 19.5 Å². The second-order valence-electron chi connectivity index (χ2n) is 4.81. The molecule has 2 heterocycles. The summed E-state index contributed by atoms with van der Waals surface area (Å²) in [5.41, 5.74) is 0.812. The Morgan fingerprint density at radius 3 is 2.65 bits per heavy atom. The quantitative estimate of drug-likeness (QED) is 0.936. The molecule has 1 aromatic carbocycles. The smallest absolute Gasteiger partial charge is 0.166 e. The first-order chi connectivity index (χ1) is 9.70. The fraction of sp³-hybridized carbons (Fsp3) is 0.267. The predicted octanol–water partition coefficient (Wildman–Crippen LogP) is 2.73. The van der Waals surface area contributed by atoms with E-state index in [0.29, 0.717) is 11.4 Å². The summed E-state index contributed by atoms with van der Waals surface area (Å²) < 4.78 is 28.2. The number of aromatic nitrogens is 1. The summed E-state index contributed by atoms with van der Waals surface area (Å²) >= 11 is 0. The third-order valence-corrected chi connectivity index (χ3v) is 3.54. The summed E-state index contributed by atoms with van der Waals surface area (Å²) in [6.45, 7) is 1.22. The number of halogens is 2. The minimum Gasteiger partial charge on any atom is -0.392 e. The van der Waals surface area contributed by atoms with Crippen molar-refractivity contribution in [3.8, 4) is 11.1 Å². The summed E-state index contributed by atoms with van der Waals surface area (Å²) in [7, 11) is 0. The number of aliphatic hydroxyl groups excluding tert-OH is 1. The number of hydrogen-bond acceptors (Lipinski definition) is 3. The van der Waals surface area contributed by atoms with Crippen LogP contribution < -0.4 is 4.90 Å². The molecule has 0 radical (unpaired) electrons. The van der Waals surface area contributed by atoms with Crippen LogP contribution in [0.3, 0.4) is 0 Å². The Hall–Kier alpha value is -2.01. The highest BCUT2D eigenvalue weighted by molar-refractivity contribution is 5.66. The summed E-state index contributed by atoms with van der Waals surface area (Å²) in [5, 5.41) is 9.06. The van der Waals surface area contributed by atoms with Crippen molar-refractivity contribution in [2.45, 2.75) is 13.0 Å². The fourth-order valence-electron chi connectivity index (χ4n) is 2.26. The number of nitrogens with zero attached hydrogens (tertiary/aromatic N) is 2. The van der Waals surface area contributed by atoms with Crippen LogP contribution in [-0.4, -0.2) is 23.2 Å². The number of rotatable bonds is 3. The van der Waals surface area contributed by atoms with E-state index in [9.17, 15) is 8.78 Å². The molecule has 1 fully saturated rings. The average molecular weight is 276 g/mol. The van der Waals surface area contributed by atoms with Gasteiger partial charge in [0.15, 0.2) is 11.6 Å². The first-order valence-electron chi connectivity index (χ1n) is 6.50. The molecule has 1 aliphatic rings. The maximum absolute atomic E-state index is 14.1. The second-order valence-corrected chi connectivity index (χ2v) is 4.81. The maximum Gasteiger partial charge on any atom is 0.166 e. The molecule has 3 nitrogen and oxygen atoms in total. The molecule has 1 aliphatic heterocycles. The number of hydrogen-bond donors (Lipinski definition) is 1. The van der Waals surface area contributed by atoms with Gasteiger partial charge in [-0.2, -0.15) is 0 Å². The summed E-state index contributed by atoms with van der Waals surface area (Å²) in [5.74, 6) is -0.664. The normalized spacial score (nSPS) is 14.2. The molecule has 0 aliphatic carbocycles. The van der Waals surface area contributed by atoms with E-state index in [1.165, 1.54) is 18.3 Å². The Balaban J connectivity index is 2.00. The summed E-state index contributed by atoms with van der Waals surface area (Å²) in [6.07, 6.45) is 2.51. The van der Waals surface area contributed by atoms with Gasteiger partial charge in [-0.15, -0.1) is 0 Å². The van der Waals surface area contributed by atoms with Gasteiger partial charge < -0.3 is 10.0 Å². The monoisotopic (exact) mass is 276 g/mol. The zero-order chi connectivity index (χ0) is 14.1. The zero-order valence-electron chi connectivity index (χ0n) is 10.8. The van der Waals surface area contributed by atoms with Crippen molar-refractivity contribution in [3.05, 3.63) is 47.7 Å². The lowest BCUT2D eigenvalue weighted by atomic mass is 10.0. The van der Waals surface area contributed by atoms with Gasteiger partial charge in [-0.1, -0.05) is 18.2 Å². The van der Waals surface area contributed by atoms with Gasteiger partial charge in [0.05, 0.1) is 6.61 Å². The van der Waals surface area contributed by atoms with Crippen LogP contribution in [0.2, 0.25) is 0 Å². The van der Waals surface area contributed by atoms with Crippen molar-refractivity contribution >= 4 is 5.82 Å². The minimum atomic E-state index is -0.534. The molecule has 5 heteroatoms. The van der Waals surface area contributed by atoms with Crippen LogP contribution in [0, 0.1) is 11.6 Å². The Kier molecular flexibility index (Phi) is 3.36. The van der Waals surface area contributed by atoms with Crippen LogP contribution in [0.4, 0.5) is 14.6 Å². The molecule has 1 aromatic heterocycles. The standard InChI is InChI=1S/C15H14F2N2O/c16-13-7-11(8-18-15(13)19-5-2-6-19)12-4-1-3-10(9-20)14(12)17/h1,3-4,7-8,20H,2,5-6,9H2. The highest BCUT2D eigenvalue weighted by atomic mass is 19.1. The molecule has 0 bridgehead atoms. The summed E-state index contributed by atoms with van der Waals surface area (Å²) in [6, 6.07) is 5.97. The number of aliphatic hydroxyl groups is 1. The van der Waals surface area contributed by atoms with Gasteiger partial charge >= 0.3 is 0 Å². The van der Waals surface area contributed by atoms with Crippen molar-refractivity contribution in [2.24, 2.45) is 0 Å². The molecule has 0 saturated carbocycles. The van der Waals surface area contributed by atoms with E-state index in [2.05, 4.69) is 4.98 Å². The molecule has 3 rings (SSSR count). The molecule has 104 valence electrons. The van der Waals surface area contributed by atoms with E-state index in [1.54, 1.807) is 12.1 Å². The average Bonchev–Trinajstić information content (AvgIpc) is 2.39. The third kappa shape index (κ3) is 2.14. The van der Waals surface area contributed by atoms with Crippen molar-refractivity contribution in [3.63, 3.8) is 0 Å². The van der Waals surface area contributed by atoms with Gasteiger partial charge in [0, 0.05) is 36.0 Å². The van der Waals surface area contributed by atoms with Crippen LogP contribution in [-0.2, 0) is 6.61 Å². The predicted molar refractivity (Wildman–Crippen MR) is 72.3 cm³/mol. The minimum absolute atomic E-state index is 0.190. The third-order valence-electron chi connectivity index (χ3n) is 3.54. The Morgan fingerprint density at radius 2 is 2.05 bits per heavy atom. The van der Waals surface area contributed by atoms with Crippen molar-refractivity contribution in [1.82, 2.24) is 4.98 Å². The van der Waals surface area contributed by atoms with E-state index in [1.807, 2.05) is 4.90 Å². The van der Waals surface area contributed by atoms with Gasteiger partial charge in [0.2, 0.25) is 0 Å². The van der Waals surface area contributed by atoms with Crippen molar-refractivity contribution in [2.75, 3.05) is 18.0 Å². The van der Waals surface area contributed by atoms with Crippen molar-refractivity contribution in [1.29, 1.82) is 0 Å². The topological polar surface area (TPSA) is 36.4 Å². The van der Waals surface area contributed by atoms with E-state index in [4.69, 9.17) is 5.11 Å². The lowest BCUT2D eigenvalue weighted by Crippen LogP contribution is -2.38. The molecule has 20 heavy (non-hydrogen) atoms. The first-order valence-corrected chi connectivity index (χ1v) is 6.50. The lowest BCUT2D eigenvalue weighted by Gasteiger charge is -2.32. The molecular weight excluding hydrogens is 262 g/mol. The molecule has 1 N–H and O–H groups in total. The van der Waals surface area contributed by atoms with Gasteiger partial charge in [-0.05, 0) is 12.5 Å². The Labute approximate surface area is 115 Å². The van der Waals surface area contributed by atoms with Gasteiger partial charge in [0.25, 0.3) is 0 Å². The highest BCUT2D eigenvalue weighted by Gasteiger charge is 2.20. The van der Waals surface area contributed by atoms with Crippen LogP contribution in [0.25, 0.3) is 11.1 Å². The molecule has 1 saturated heterocycles. The Morgan fingerprint density at radius 1 is 1.25 bits per heavy atom. The van der Waals surface area contributed by atoms with Crippen LogP contribution in [0.5, 0.6) is 0 Å². The number of benzene rings is 1. The van der Waals surface area contributed by atoms with E-state index >= 15 is 0 Å². The summed E-state index contributed by atoms with van der Waals surface area (Å²) in [4.78, 5) is 5.94. The zero-order valence-corrected chi connectivity index (χ0v) is 10.8. The van der Waals surface area contributed by atoms with Gasteiger partial charge in [-0.25, -0.2) is 13.8 Å². The SMILES string of the molecule is OCc1cccc(-c2cnc(N3CCC3)c(F)c2)c1F. The van der Waals surface area contributed by atoms with E-state index in [-0.39, 0.29) is 17.7 Å². The molecular formula is C15H14F2N2O. The Bertz CT molecular complexity index is 642. The lowest BCUT2D eigenvalue weighted by molar-refractivity contribution is 0.276. The molecule has 0 atom stereocenters. The molecule has 0 unspecified atom stereocenters.